The van der Waals surface area contributed by atoms with E-state index in [2.05, 4.69) is 46.9 Å². The number of alkyl carbamates (subject to hydrolysis) is 1. The lowest BCUT2D eigenvalue weighted by atomic mass is 9.41. The maximum atomic E-state index is 13.8. The van der Waals surface area contributed by atoms with Gasteiger partial charge in [0.15, 0.2) is 0 Å². The molecule has 6 aliphatic rings. The molecule has 9 heteroatoms. The Balaban J connectivity index is 1.24. The number of ether oxygens (including phenoxy) is 6. The van der Waals surface area contributed by atoms with E-state index in [1.807, 2.05) is 48.8 Å². The summed E-state index contributed by atoms with van der Waals surface area (Å²) in [5.74, 6) is 0.607. The van der Waals surface area contributed by atoms with Crippen molar-refractivity contribution in [2.24, 2.45) is 50.7 Å². The van der Waals surface area contributed by atoms with E-state index in [0.29, 0.717) is 11.8 Å². The van der Waals surface area contributed by atoms with Crippen LogP contribution in [0.25, 0.3) is 0 Å². The zero-order chi connectivity index (χ0) is 37.7. The summed E-state index contributed by atoms with van der Waals surface area (Å²) in [6, 6.07) is -0.785. The summed E-state index contributed by atoms with van der Waals surface area (Å²) in [7, 11) is 5.60. The Morgan fingerprint density at radius 2 is 1.51 bits per heavy atom. The molecule has 6 fully saturated rings. The van der Waals surface area contributed by atoms with E-state index >= 15 is 0 Å². The summed E-state index contributed by atoms with van der Waals surface area (Å²) in [5.41, 5.74) is -0.670. The Morgan fingerprint density at radius 1 is 0.843 bits per heavy atom. The van der Waals surface area contributed by atoms with Crippen LogP contribution in [0.2, 0.25) is 0 Å². The van der Waals surface area contributed by atoms with Crippen LogP contribution in [0, 0.1) is 50.7 Å². The average molecular weight is 718 g/mol. The number of amides is 1. The van der Waals surface area contributed by atoms with Crippen LogP contribution in [0.5, 0.6) is 0 Å². The van der Waals surface area contributed by atoms with Crippen molar-refractivity contribution in [3.8, 4) is 0 Å². The number of nitrogens with one attached hydrogen (secondary N) is 1. The molecule has 1 amide bonds. The van der Waals surface area contributed by atoms with E-state index in [0.717, 1.165) is 38.5 Å². The largest absolute Gasteiger partial charge is 0.460 e. The summed E-state index contributed by atoms with van der Waals surface area (Å²) in [6.45, 7) is 23.4. The molecule has 0 radical (unpaired) electrons. The standard InChI is InChI=1S/C42H71NO8/c1-24(2)32(43-35(45)51-36(3,4)5)34(44)50-29-17-18-42-23-41(42)20-19-39(10)31(25-15-16-30(49-25)38(8,9)48-14)27(47-13)22-40(39,11)28(41)21-26(46-12)33(42)37(29,6)7/h24-33H,15-23H2,1-14H3,(H,43,45)/t25?,26-,27-,28?,29-,30-,31-,32-,33-,39+,40-,41?,42+/m0/s1. The van der Waals surface area contributed by atoms with E-state index in [-0.39, 0.29) is 81.0 Å². The molecule has 9 nitrogen and oxygen atoms in total. The van der Waals surface area contributed by atoms with Crippen LogP contribution < -0.4 is 5.32 Å². The lowest BCUT2D eigenvalue weighted by Crippen LogP contribution is -2.62. The van der Waals surface area contributed by atoms with Crippen molar-refractivity contribution in [1.29, 1.82) is 0 Å². The highest BCUT2D eigenvalue weighted by atomic mass is 16.6. The van der Waals surface area contributed by atoms with E-state index in [9.17, 15) is 9.59 Å². The molecule has 1 heterocycles. The molecule has 3 unspecified atom stereocenters. The average Bonchev–Trinajstić information content (AvgIpc) is 3.28. The Morgan fingerprint density at radius 3 is 2.10 bits per heavy atom. The number of carbonyl (C=O) groups is 2. The predicted octanol–water partition coefficient (Wildman–Crippen LogP) is 8.11. The van der Waals surface area contributed by atoms with Crippen molar-refractivity contribution in [2.75, 3.05) is 21.3 Å². The molecule has 292 valence electrons. The predicted molar refractivity (Wildman–Crippen MR) is 196 cm³/mol. The third-order valence-corrected chi connectivity index (χ3v) is 16.2. The first-order valence-corrected chi connectivity index (χ1v) is 20.0. The van der Waals surface area contributed by atoms with Crippen molar-refractivity contribution in [1.82, 2.24) is 5.32 Å². The Labute approximate surface area is 308 Å². The molecule has 1 N–H and O–H groups in total. The van der Waals surface area contributed by atoms with Gasteiger partial charge in [-0.15, -0.1) is 0 Å². The number of hydrogen-bond donors (Lipinski definition) is 1. The van der Waals surface area contributed by atoms with Crippen molar-refractivity contribution in [2.45, 2.75) is 182 Å². The van der Waals surface area contributed by atoms with Crippen LogP contribution in [0.4, 0.5) is 4.79 Å². The molecule has 1 aliphatic heterocycles. The van der Waals surface area contributed by atoms with Gasteiger partial charge in [0.05, 0.1) is 30.0 Å². The van der Waals surface area contributed by atoms with Crippen LogP contribution in [0.15, 0.2) is 0 Å². The van der Waals surface area contributed by atoms with Gasteiger partial charge in [-0.3, -0.25) is 0 Å². The summed E-state index contributed by atoms with van der Waals surface area (Å²) < 4.78 is 37.7. The van der Waals surface area contributed by atoms with Crippen LogP contribution in [0.3, 0.4) is 0 Å². The number of methoxy groups -OCH3 is 3. The van der Waals surface area contributed by atoms with Gasteiger partial charge in [-0.2, -0.15) is 0 Å². The molecule has 0 aromatic heterocycles. The van der Waals surface area contributed by atoms with Gasteiger partial charge in [0, 0.05) is 32.7 Å². The number of hydrogen-bond acceptors (Lipinski definition) is 8. The zero-order valence-electron chi connectivity index (χ0n) is 34.4. The van der Waals surface area contributed by atoms with E-state index in [1.54, 1.807) is 7.11 Å². The molecule has 6 rings (SSSR count). The quantitative estimate of drug-likeness (QED) is 0.239. The van der Waals surface area contributed by atoms with Crippen LogP contribution in [-0.4, -0.2) is 81.2 Å². The van der Waals surface area contributed by atoms with E-state index < -0.39 is 17.7 Å². The Bertz CT molecular complexity index is 1340. The van der Waals surface area contributed by atoms with Gasteiger partial charge < -0.3 is 33.7 Å². The fourth-order valence-electron chi connectivity index (χ4n) is 13.5. The maximum Gasteiger partial charge on any atom is 0.408 e. The number of esters is 1. The smallest absolute Gasteiger partial charge is 0.408 e. The summed E-state index contributed by atoms with van der Waals surface area (Å²) in [4.78, 5) is 26.5. The molecule has 0 bridgehead atoms. The number of carbonyl (C=O) groups excluding carboxylic acids is 2. The minimum Gasteiger partial charge on any atom is -0.460 e. The Kier molecular flexibility index (Phi) is 9.88. The minimum atomic E-state index is -0.785. The zero-order valence-corrected chi connectivity index (χ0v) is 34.4. The molecular weight excluding hydrogens is 646 g/mol. The molecule has 5 aliphatic carbocycles. The molecule has 1 saturated heterocycles. The van der Waals surface area contributed by atoms with E-state index in [1.165, 1.54) is 19.3 Å². The molecule has 13 atom stereocenters. The normalized spacial score (nSPS) is 44.8. The molecular formula is C42H71NO8. The van der Waals surface area contributed by atoms with Gasteiger partial charge in [0.1, 0.15) is 17.7 Å². The molecule has 5 saturated carbocycles. The minimum absolute atomic E-state index is 0.0664. The lowest BCUT2D eigenvalue weighted by molar-refractivity contribution is -0.216. The number of rotatable bonds is 9. The first-order valence-electron chi connectivity index (χ1n) is 20.0. The highest BCUT2D eigenvalue weighted by Crippen LogP contribution is 2.89. The second-order valence-corrected chi connectivity index (χ2v) is 20.6. The molecule has 0 aromatic carbocycles. The molecule has 2 spiro atoms. The maximum absolute atomic E-state index is 13.8. The number of fused-ring (bicyclic) bond motifs is 2. The molecule has 51 heavy (non-hydrogen) atoms. The second-order valence-electron chi connectivity index (χ2n) is 20.6. The second kappa shape index (κ2) is 12.8. The van der Waals surface area contributed by atoms with Gasteiger partial charge in [0.2, 0.25) is 0 Å². The highest BCUT2D eigenvalue weighted by Gasteiger charge is 2.85. The van der Waals surface area contributed by atoms with Crippen molar-refractivity contribution in [3.63, 3.8) is 0 Å². The fourth-order valence-corrected chi connectivity index (χ4v) is 13.5. The lowest BCUT2D eigenvalue weighted by Gasteiger charge is -2.64. The van der Waals surface area contributed by atoms with Gasteiger partial charge >= 0.3 is 12.1 Å². The first kappa shape index (κ1) is 39.3. The van der Waals surface area contributed by atoms with Gasteiger partial charge in [-0.05, 0) is 132 Å². The van der Waals surface area contributed by atoms with Crippen LogP contribution in [0.1, 0.15) is 134 Å². The van der Waals surface area contributed by atoms with Crippen molar-refractivity contribution in [3.05, 3.63) is 0 Å². The topological polar surface area (TPSA) is 102 Å². The van der Waals surface area contributed by atoms with Crippen LogP contribution in [-0.2, 0) is 33.2 Å². The van der Waals surface area contributed by atoms with Gasteiger partial charge in [-0.25, -0.2) is 9.59 Å². The monoisotopic (exact) mass is 718 g/mol. The summed E-state index contributed by atoms with van der Waals surface area (Å²) >= 11 is 0. The highest BCUT2D eigenvalue weighted by molar-refractivity contribution is 5.82. The van der Waals surface area contributed by atoms with Gasteiger partial charge in [-0.1, -0.05) is 41.5 Å². The van der Waals surface area contributed by atoms with Crippen molar-refractivity contribution >= 4 is 12.1 Å². The van der Waals surface area contributed by atoms with E-state index in [4.69, 9.17) is 28.4 Å². The Hall–Kier alpha value is -1.42. The SMILES string of the molecule is CO[C@H]1CC2C3(CC[C@]4(C)[C@@H](C5CC[C@@H](C(C)(C)OC)O5)[C@@H](OC)C[C@@]24C)C[C@@]32CC[C@H](OC(=O)[C@@H](NC(=O)OC(C)(C)C)C(C)C)C(C)(C)[C@H]12. The first-order chi connectivity index (χ1) is 23.6. The third kappa shape index (κ3) is 5.91. The van der Waals surface area contributed by atoms with Gasteiger partial charge in [0.25, 0.3) is 0 Å². The summed E-state index contributed by atoms with van der Waals surface area (Å²) in [6.07, 6.45) is 9.24. The van der Waals surface area contributed by atoms with Crippen LogP contribution >= 0.6 is 0 Å². The third-order valence-electron chi connectivity index (χ3n) is 16.2. The fraction of sp³-hybridized carbons (Fsp3) is 0.952. The van der Waals surface area contributed by atoms with Crippen molar-refractivity contribution < 1.29 is 38.0 Å². The summed E-state index contributed by atoms with van der Waals surface area (Å²) in [5, 5.41) is 2.81. The molecule has 0 aromatic rings.